The molecule has 0 saturated carbocycles. The number of likely N-dealkylation sites (tertiary alicyclic amines) is 1. The van der Waals surface area contributed by atoms with Crippen LogP contribution in [0.1, 0.15) is 30.4 Å². The third-order valence-corrected chi connectivity index (χ3v) is 6.40. The van der Waals surface area contributed by atoms with E-state index in [0.29, 0.717) is 62.9 Å². The number of rotatable bonds is 5. The van der Waals surface area contributed by atoms with Crippen LogP contribution in [0.25, 0.3) is 22.6 Å². The number of ether oxygens (including phenoxy) is 2. The number of pyridine rings is 1. The first-order chi connectivity index (χ1) is 16.2. The molecule has 0 radical (unpaired) electrons. The van der Waals surface area contributed by atoms with Gasteiger partial charge in [0.05, 0.1) is 19.3 Å². The number of hydrogen-bond acceptors (Lipinski definition) is 8. The zero-order valence-electron chi connectivity index (χ0n) is 19.1. The molecule has 0 spiro atoms. The smallest absolute Gasteiger partial charge is 0.291 e. The van der Waals surface area contributed by atoms with Crippen LogP contribution in [0.4, 0.5) is 5.82 Å². The Kier molecular flexibility index (Phi) is 6.19. The minimum atomic E-state index is -0.143. The minimum absolute atomic E-state index is 0.143. The number of morpholine rings is 1. The molecule has 0 atom stereocenters. The Morgan fingerprint density at radius 2 is 1.82 bits per heavy atom. The Hall–Kier alpha value is -3.11. The summed E-state index contributed by atoms with van der Waals surface area (Å²) in [5.74, 6) is 1.57. The van der Waals surface area contributed by atoms with Crippen molar-refractivity contribution in [3.05, 3.63) is 30.4 Å². The zero-order chi connectivity index (χ0) is 22.8. The van der Waals surface area contributed by atoms with Crippen molar-refractivity contribution in [2.24, 2.45) is 0 Å². The summed E-state index contributed by atoms with van der Waals surface area (Å²) in [5, 5.41) is 0. The number of aryl methyl sites for hydroxylation is 1. The molecule has 5 heterocycles. The van der Waals surface area contributed by atoms with Gasteiger partial charge in [0.15, 0.2) is 17.0 Å². The van der Waals surface area contributed by atoms with Gasteiger partial charge in [0.2, 0.25) is 5.82 Å². The second kappa shape index (κ2) is 9.40. The lowest BCUT2D eigenvalue weighted by Crippen LogP contribution is -2.42. The van der Waals surface area contributed by atoms with E-state index in [-0.39, 0.29) is 17.8 Å². The van der Waals surface area contributed by atoms with Crippen molar-refractivity contribution in [2.45, 2.75) is 32.4 Å². The van der Waals surface area contributed by atoms with Crippen LogP contribution in [0.2, 0.25) is 0 Å². The summed E-state index contributed by atoms with van der Waals surface area (Å²) >= 11 is 0. The largest absolute Gasteiger partial charge is 0.381 e. The molecule has 2 aliphatic rings. The fraction of sp³-hybridized carbons (Fsp3) is 0.522. The van der Waals surface area contributed by atoms with Gasteiger partial charge in [0.25, 0.3) is 5.91 Å². The number of aromatic nitrogens is 5. The molecule has 2 fully saturated rings. The third-order valence-electron chi connectivity index (χ3n) is 6.40. The maximum atomic E-state index is 13.4. The molecular weight excluding hydrogens is 422 g/mol. The highest BCUT2D eigenvalue weighted by atomic mass is 16.5. The summed E-state index contributed by atoms with van der Waals surface area (Å²) in [5.41, 5.74) is 2.34. The van der Waals surface area contributed by atoms with Gasteiger partial charge in [-0.05, 0) is 31.9 Å². The molecule has 0 N–H and O–H groups in total. The molecule has 33 heavy (non-hydrogen) atoms. The minimum Gasteiger partial charge on any atom is -0.381 e. The summed E-state index contributed by atoms with van der Waals surface area (Å²) in [6, 6.07) is 3.86. The Bertz CT molecular complexity index is 1120. The molecule has 0 aromatic carbocycles. The molecule has 0 aliphatic carbocycles. The molecule has 2 saturated heterocycles. The molecule has 0 bridgehead atoms. The van der Waals surface area contributed by atoms with Crippen molar-refractivity contribution in [1.29, 1.82) is 0 Å². The highest BCUT2D eigenvalue weighted by Gasteiger charge is 2.29. The Morgan fingerprint density at radius 1 is 1.09 bits per heavy atom. The van der Waals surface area contributed by atoms with Crippen LogP contribution in [-0.2, 0) is 16.0 Å². The molecule has 10 heteroatoms. The molecule has 3 aromatic rings. The fourth-order valence-corrected chi connectivity index (χ4v) is 4.53. The first kappa shape index (κ1) is 21.7. The van der Waals surface area contributed by atoms with E-state index in [9.17, 15) is 4.79 Å². The van der Waals surface area contributed by atoms with E-state index >= 15 is 0 Å². The second-order valence-corrected chi connectivity index (χ2v) is 8.29. The van der Waals surface area contributed by atoms with Gasteiger partial charge >= 0.3 is 0 Å². The van der Waals surface area contributed by atoms with Crippen molar-refractivity contribution in [1.82, 2.24) is 29.4 Å². The number of carbonyl (C=O) groups is 1. The molecule has 0 unspecified atom stereocenters. The Balaban J connectivity index is 1.61. The van der Waals surface area contributed by atoms with Gasteiger partial charge in [-0.3, -0.25) is 9.78 Å². The number of methoxy groups -OCH3 is 1. The number of imidazole rings is 1. The predicted molar refractivity (Wildman–Crippen MR) is 123 cm³/mol. The van der Waals surface area contributed by atoms with E-state index in [1.807, 2.05) is 21.6 Å². The first-order valence-corrected chi connectivity index (χ1v) is 11.5. The maximum Gasteiger partial charge on any atom is 0.291 e. The van der Waals surface area contributed by atoms with Gasteiger partial charge in [0, 0.05) is 57.8 Å². The normalized spacial score (nSPS) is 17.6. The highest BCUT2D eigenvalue weighted by Crippen LogP contribution is 2.30. The van der Waals surface area contributed by atoms with Crippen LogP contribution in [0.15, 0.2) is 24.5 Å². The molecule has 2 aliphatic heterocycles. The number of fused-ring (bicyclic) bond motifs is 1. The van der Waals surface area contributed by atoms with Gasteiger partial charge in [-0.25, -0.2) is 15.0 Å². The molecule has 10 nitrogen and oxygen atoms in total. The number of anilines is 1. The van der Waals surface area contributed by atoms with Crippen LogP contribution in [0.3, 0.4) is 0 Å². The van der Waals surface area contributed by atoms with Crippen molar-refractivity contribution in [3.8, 4) is 11.4 Å². The quantitative estimate of drug-likeness (QED) is 0.581. The van der Waals surface area contributed by atoms with E-state index in [1.54, 1.807) is 19.5 Å². The van der Waals surface area contributed by atoms with Gasteiger partial charge in [0.1, 0.15) is 5.82 Å². The molecule has 174 valence electrons. The molecule has 1 amide bonds. The van der Waals surface area contributed by atoms with Crippen LogP contribution < -0.4 is 4.90 Å². The Labute approximate surface area is 192 Å². The number of nitrogens with zero attached hydrogens (tertiary/aromatic N) is 7. The number of carbonyl (C=O) groups excluding carboxylic acids is 1. The lowest BCUT2D eigenvalue weighted by atomic mass is 10.1. The van der Waals surface area contributed by atoms with E-state index < -0.39 is 0 Å². The maximum absolute atomic E-state index is 13.4. The first-order valence-electron chi connectivity index (χ1n) is 11.5. The number of amides is 1. The summed E-state index contributed by atoms with van der Waals surface area (Å²) in [6.45, 7) is 6.63. The van der Waals surface area contributed by atoms with Crippen LogP contribution >= 0.6 is 0 Å². The predicted octanol–water partition coefficient (Wildman–Crippen LogP) is 2.00. The van der Waals surface area contributed by atoms with Gasteiger partial charge in [-0.1, -0.05) is 0 Å². The molecule has 3 aromatic heterocycles. The van der Waals surface area contributed by atoms with Crippen molar-refractivity contribution >= 4 is 22.9 Å². The SMILES string of the molecule is CCn1c(-c2ccncc2)nc2c(N3CCOCC3)nc(C(=O)N3CCC(OC)CC3)nc21. The monoisotopic (exact) mass is 451 g/mol. The van der Waals surface area contributed by atoms with E-state index in [0.717, 1.165) is 24.2 Å². The molecular formula is C23H29N7O3. The van der Waals surface area contributed by atoms with Crippen LogP contribution in [0.5, 0.6) is 0 Å². The average molecular weight is 452 g/mol. The third kappa shape index (κ3) is 4.16. The second-order valence-electron chi connectivity index (χ2n) is 8.29. The standard InChI is InChI=1S/C23H29N7O3/c1-3-30-20(16-4-8-24-9-5-16)25-18-21(28-12-14-33-15-13-28)26-19(27-22(18)30)23(31)29-10-6-17(32-2)7-11-29/h4-5,8-9,17H,3,6-7,10-15H2,1-2H3. The average Bonchev–Trinajstić information content (AvgIpc) is 3.27. The van der Waals surface area contributed by atoms with E-state index in [1.165, 1.54) is 0 Å². The number of piperidine rings is 1. The van der Waals surface area contributed by atoms with Crippen LogP contribution in [-0.4, -0.2) is 87.9 Å². The Morgan fingerprint density at radius 3 is 2.48 bits per heavy atom. The van der Waals surface area contributed by atoms with E-state index in [2.05, 4.69) is 16.8 Å². The zero-order valence-corrected chi connectivity index (χ0v) is 19.1. The lowest BCUT2D eigenvalue weighted by molar-refractivity contribution is 0.0344. The van der Waals surface area contributed by atoms with Gasteiger partial charge in [-0.15, -0.1) is 0 Å². The summed E-state index contributed by atoms with van der Waals surface area (Å²) in [4.78, 5) is 36.0. The van der Waals surface area contributed by atoms with Gasteiger partial charge < -0.3 is 23.8 Å². The van der Waals surface area contributed by atoms with E-state index in [4.69, 9.17) is 24.4 Å². The summed E-state index contributed by atoms with van der Waals surface area (Å²) in [7, 11) is 1.72. The van der Waals surface area contributed by atoms with Crippen molar-refractivity contribution in [3.63, 3.8) is 0 Å². The van der Waals surface area contributed by atoms with Crippen LogP contribution in [0, 0.1) is 0 Å². The summed E-state index contributed by atoms with van der Waals surface area (Å²) in [6.07, 6.45) is 5.34. The number of hydrogen-bond donors (Lipinski definition) is 0. The fourth-order valence-electron chi connectivity index (χ4n) is 4.53. The lowest BCUT2D eigenvalue weighted by Gasteiger charge is -2.31. The topological polar surface area (TPSA) is 98.5 Å². The van der Waals surface area contributed by atoms with Gasteiger partial charge in [-0.2, -0.15) is 0 Å². The molecule has 5 rings (SSSR count). The highest BCUT2D eigenvalue weighted by molar-refractivity contribution is 5.95. The van der Waals surface area contributed by atoms with Crippen molar-refractivity contribution in [2.75, 3.05) is 51.4 Å². The van der Waals surface area contributed by atoms with Crippen molar-refractivity contribution < 1.29 is 14.3 Å². The summed E-state index contributed by atoms with van der Waals surface area (Å²) < 4.78 is 13.0.